The molecule has 2 rings (SSSR count). The highest BCUT2D eigenvalue weighted by molar-refractivity contribution is 5.99. The van der Waals surface area contributed by atoms with Gasteiger partial charge in [0.05, 0.1) is 5.52 Å². The Morgan fingerprint density at radius 1 is 1.26 bits per heavy atom. The number of rotatable bonds is 3. The molecule has 0 aliphatic carbocycles. The fourth-order valence-corrected chi connectivity index (χ4v) is 1.94. The Hall–Kier alpha value is -1.70. The van der Waals surface area contributed by atoms with Crippen LogP contribution in [0.4, 0.5) is 0 Å². The van der Waals surface area contributed by atoms with Crippen LogP contribution in [-0.2, 0) is 0 Å². The Balaban J connectivity index is 2.22. The number of carbonyl (C=O) groups is 1. The predicted octanol–water partition coefficient (Wildman–Crippen LogP) is 4.49. The third-order valence-corrected chi connectivity index (χ3v) is 3.90. The average Bonchev–Trinajstić information content (AvgIpc) is 2.37. The Bertz CT molecular complexity index is 595. The van der Waals surface area contributed by atoms with Crippen LogP contribution in [0.1, 0.15) is 44.5 Å². The van der Waals surface area contributed by atoms with Gasteiger partial charge in [0.2, 0.25) is 0 Å². The molecule has 0 saturated heterocycles. The van der Waals surface area contributed by atoms with Crippen molar-refractivity contribution in [1.82, 2.24) is 4.98 Å². The zero-order valence-electron chi connectivity index (χ0n) is 12.1. The Kier molecular flexibility index (Phi) is 3.70. The summed E-state index contributed by atoms with van der Waals surface area (Å²) >= 11 is 0. The van der Waals surface area contributed by atoms with Gasteiger partial charge in [0.15, 0.2) is 5.78 Å². The molecule has 19 heavy (non-hydrogen) atoms. The molecule has 1 atom stereocenters. The van der Waals surface area contributed by atoms with Gasteiger partial charge in [-0.1, -0.05) is 45.9 Å². The lowest BCUT2D eigenvalue weighted by Crippen LogP contribution is -2.20. The molecule has 0 N–H and O–H groups in total. The predicted molar refractivity (Wildman–Crippen MR) is 79.3 cm³/mol. The monoisotopic (exact) mass is 255 g/mol. The summed E-state index contributed by atoms with van der Waals surface area (Å²) in [5.74, 6) is 0.564. The summed E-state index contributed by atoms with van der Waals surface area (Å²) in [6.45, 7) is 8.66. The maximum Gasteiger partial charge on any atom is 0.163 e. The maximum atomic E-state index is 12.3. The van der Waals surface area contributed by atoms with Crippen molar-refractivity contribution >= 4 is 16.7 Å². The molecule has 1 heterocycles. The van der Waals surface area contributed by atoms with Gasteiger partial charge in [-0.3, -0.25) is 9.78 Å². The molecule has 1 aromatic heterocycles. The summed E-state index contributed by atoms with van der Waals surface area (Å²) in [5, 5.41) is 1.07. The summed E-state index contributed by atoms with van der Waals surface area (Å²) in [5.41, 5.74) is 1.81. The Morgan fingerprint density at radius 2 is 2.00 bits per heavy atom. The molecule has 0 amide bonds. The van der Waals surface area contributed by atoms with E-state index in [1.165, 1.54) is 0 Å². The van der Waals surface area contributed by atoms with E-state index in [1.54, 1.807) is 6.20 Å². The average molecular weight is 255 g/mol. The first-order chi connectivity index (χ1) is 8.88. The largest absolute Gasteiger partial charge is 0.294 e. The van der Waals surface area contributed by atoms with Gasteiger partial charge in [-0.15, -0.1) is 0 Å². The van der Waals surface area contributed by atoms with E-state index in [4.69, 9.17) is 0 Å². The number of nitrogens with zero attached hydrogens (tertiary/aromatic N) is 1. The zero-order chi connectivity index (χ0) is 14.0. The van der Waals surface area contributed by atoms with Crippen LogP contribution in [0, 0.1) is 11.3 Å². The molecule has 0 aliphatic rings. The SMILES string of the molecule is CC(CC(=O)c1ccc2cccnc2c1)C(C)(C)C. The van der Waals surface area contributed by atoms with Gasteiger partial charge in [0.25, 0.3) is 0 Å². The number of Topliss-reactive ketones (excluding diaryl/α,β-unsaturated/α-hetero) is 1. The van der Waals surface area contributed by atoms with Crippen LogP contribution < -0.4 is 0 Å². The van der Waals surface area contributed by atoms with Crippen LogP contribution in [0.3, 0.4) is 0 Å². The number of pyridine rings is 1. The molecule has 2 aromatic rings. The summed E-state index contributed by atoms with van der Waals surface area (Å²) in [7, 11) is 0. The molecule has 0 bridgehead atoms. The minimum Gasteiger partial charge on any atom is -0.294 e. The molecule has 0 aliphatic heterocycles. The fraction of sp³-hybridized carbons (Fsp3) is 0.412. The van der Waals surface area contributed by atoms with E-state index >= 15 is 0 Å². The standard InChI is InChI=1S/C17H21NO/c1-12(17(2,3)4)10-16(19)14-8-7-13-6-5-9-18-15(13)11-14/h5-9,11-12H,10H2,1-4H3. The van der Waals surface area contributed by atoms with Crippen molar-refractivity contribution in [1.29, 1.82) is 0 Å². The van der Waals surface area contributed by atoms with Crippen molar-refractivity contribution in [3.63, 3.8) is 0 Å². The van der Waals surface area contributed by atoms with Gasteiger partial charge in [-0.2, -0.15) is 0 Å². The smallest absolute Gasteiger partial charge is 0.163 e. The van der Waals surface area contributed by atoms with Crippen LogP contribution in [0.15, 0.2) is 36.5 Å². The number of ketones is 1. The number of hydrogen-bond donors (Lipinski definition) is 0. The number of hydrogen-bond acceptors (Lipinski definition) is 2. The molecule has 1 unspecified atom stereocenters. The van der Waals surface area contributed by atoms with Crippen molar-refractivity contribution in [2.75, 3.05) is 0 Å². The molecule has 1 aromatic carbocycles. The van der Waals surface area contributed by atoms with E-state index in [0.29, 0.717) is 12.3 Å². The highest BCUT2D eigenvalue weighted by atomic mass is 16.1. The van der Waals surface area contributed by atoms with E-state index in [2.05, 4.69) is 32.7 Å². The summed E-state index contributed by atoms with van der Waals surface area (Å²) in [6, 6.07) is 9.69. The first kappa shape index (κ1) is 13.7. The van der Waals surface area contributed by atoms with Crippen LogP contribution in [0.25, 0.3) is 10.9 Å². The highest BCUT2D eigenvalue weighted by Gasteiger charge is 2.23. The number of benzene rings is 1. The first-order valence-electron chi connectivity index (χ1n) is 6.76. The third-order valence-electron chi connectivity index (χ3n) is 3.90. The minimum atomic E-state index is 0.157. The second kappa shape index (κ2) is 5.12. The van der Waals surface area contributed by atoms with Crippen molar-refractivity contribution < 1.29 is 4.79 Å². The topological polar surface area (TPSA) is 30.0 Å². The maximum absolute atomic E-state index is 12.3. The van der Waals surface area contributed by atoms with Gasteiger partial charge in [-0.25, -0.2) is 0 Å². The second-order valence-corrected chi connectivity index (χ2v) is 6.31. The third kappa shape index (κ3) is 3.19. The van der Waals surface area contributed by atoms with Gasteiger partial charge in [0, 0.05) is 23.6 Å². The molecule has 0 spiro atoms. The van der Waals surface area contributed by atoms with E-state index in [9.17, 15) is 4.79 Å². The van der Waals surface area contributed by atoms with Gasteiger partial charge in [0.1, 0.15) is 0 Å². The Morgan fingerprint density at radius 3 is 2.68 bits per heavy atom. The van der Waals surface area contributed by atoms with E-state index in [-0.39, 0.29) is 11.2 Å². The molecule has 0 radical (unpaired) electrons. The second-order valence-electron chi connectivity index (χ2n) is 6.31. The molecule has 0 saturated carbocycles. The molecular weight excluding hydrogens is 234 g/mol. The number of carbonyl (C=O) groups excluding carboxylic acids is 1. The van der Waals surface area contributed by atoms with Crippen molar-refractivity contribution in [2.24, 2.45) is 11.3 Å². The lowest BCUT2D eigenvalue weighted by atomic mass is 9.78. The minimum absolute atomic E-state index is 0.157. The summed E-state index contributed by atoms with van der Waals surface area (Å²) in [4.78, 5) is 16.6. The summed E-state index contributed by atoms with van der Waals surface area (Å²) in [6.07, 6.45) is 2.34. The quantitative estimate of drug-likeness (QED) is 0.756. The van der Waals surface area contributed by atoms with Crippen LogP contribution in [-0.4, -0.2) is 10.8 Å². The molecule has 0 fully saturated rings. The van der Waals surface area contributed by atoms with Crippen LogP contribution in [0.2, 0.25) is 0 Å². The van der Waals surface area contributed by atoms with Crippen molar-refractivity contribution in [3.8, 4) is 0 Å². The highest BCUT2D eigenvalue weighted by Crippen LogP contribution is 2.29. The number of fused-ring (bicyclic) bond motifs is 1. The lowest BCUT2D eigenvalue weighted by molar-refractivity contribution is 0.0927. The van der Waals surface area contributed by atoms with Gasteiger partial charge < -0.3 is 0 Å². The molecule has 100 valence electrons. The first-order valence-corrected chi connectivity index (χ1v) is 6.76. The van der Waals surface area contributed by atoms with Crippen molar-refractivity contribution in [3.05, 3.63) is 42.1 Å². The van der Waals surface area contributed by atoms with Crippen molar-refractivity contribution in [2.45, 2.75) is 34.1 Å². The molecular formula is C17H21NO. The number of aromatic nitrogens is 1. The van der Waals surface area contributed by atoms with E-state index in [1.807, 2.05) is 30.3 Å². The van der Waals surface area contributed by atoms with Crippen LogP contribution >= 0.6 is 0 Å². The zero-order valence-corrected chi connectivity index (χ0v) is 12.1. The Labute approximate surface area is 114 Å². The molecule has 2 heteroatoms. The van der Waals surface area contributed by atoms with Gasteiger partial charge in [-0.05, 0) is 23.5 Å². The van der Waals surface area contributed by atoms with Crippen LogP contribution in [0.5, 0.6) is 0 Å². The van der Waals surface area contributed by atoms with E-state index in [0.717, 1.165) is 16.5 Å². The normalized spacial score (nSPS) is 13.5. The van der Waals surface area contributed by atoms with Gasteiger partial charge >= 0.3 is 0 Å². The summed E-state index contributed by atoms with van der Waals surface area (Å²) < 4.78 is 0. The lowest BCUT2D eigenvalue weighted by Gasteiger charge is -2.26. The van der Waals surface area contributed by atoms with E-state index < -0.39 is 0 Å². The fourth-order valence-electron chi connectivity index (χ4n) is 1.94. The molecule has 2 nitrogen and oxygen atoms in total.